The molecule has 112 valence electrons. The minimum Gasteiger partial charge on any atom is -0.315 e. The summed E-state index contributed by atoms with van der Waals surface area (Å²) in [5.74, 6) is 0. The molecule has 1 aliphatic rings. The van der Waals surface area contributed by atoms with Crippen molar-refractivity contribution in [2.24, 2.45) is 5.41 Å². The SMILES string of the molecule is CC1(C)CNCCN(Cc2ccccc2C(F)(F)F)C1. The van der Waals surface area contributed by atoms with Crippen molar-refractivity contribution >= 4 is 0 Å². The lowest BCUT2D eigenvalue weighted by molar-refractivity contribution is -0.138. The zero-order valence-electron chi connectivity index (χ0n) is 11.9. The van der Waals surface area contributed by atoms with Gasteiger partial charge in [-0.15, -0.1) is 0 Å². The Labute approximate surface area is 118 Å². The van der Waals surface area contributed by atoms with E-state index in [1.165, 1.54) is 6.07 Å². The molecular formula is C15H21F3N2. The molecule has 1 heterocycles. The zero-order valence-corrected chi connectivity index (χ0v) is 11.9. The number of nitrogens with zero attached hydrogens (tertiary/aromatic N) is 1. The summed E-state index contributed by atoms with van der Waals surface area (Å²) in [6, 6.07) is 5.86. The van der Waals surface area contributed by atoms with Crippen LogP contribution in [0.15, 0.2) is 24.3 Å². The summed E-state index contributed by atoms with van der Waals surface area (Å²) in [6.07, 6.45) is -4.28. The second-order valence-corrected chi connectivity index (χ2v) is 6.21. The van der Waals surface area contributed by atoms with Crippen molar-refractivity contribution in [2.45, 2.75) is 26.6 Å². The van der Waals surface area contributed by atoms with Gasteiger partial charge in [0.2, 0.25) is 0 Å². The van der Waals surface area contributed by atoms with Crippen LogP contribution in [0.5, 0.6) is 0 Å². The minimum atomic E-state index is -4.28. The van der Waals surface area contributed by atoms with Crippen molar-refractivity contribution in [1.29, 1.82) is 0 Å². The van der Waals surface area contributed by atoms with Crippen LogP contribution in [0, 0.1) is 5.41 Å². The van der Waals surface area contributed by atoms with Crippen LogP contribution in [0.25, 0.3) is 0 Å². The van der Waals surface area contributed by atoms with E-state index in [1.807, 2.05) is 0 Å². The first-order chi connectivity index (χ1) is 9.28. The van der Waals surface area contributed by atoms with Gasteiger partial charge in [0, 0.05) is 32.7 Å². The third-order valence-electron chi connectivity index (χ3n) is 3.58. The van der Waals surface area contributed by atoms with Gasteiger partial charge in [-0.2, -0.15) is 13.2 Å². The predicted octanol–water partition coefficient (Wildman–Crippen LogP) is 3.14. The fourth-order valence-corrected chi connectivity index (χ4v) is 2.71. The summed E-state index contributed by atoms with van der Waals surface area (Å²) in [7, 11) is 0. The third-order valence-corrected chi connectivity index (χ3v) is 3.58. The van der Waals surface area contributed by atoms with Crippen molar-refractivity contribution in [1.82, 2.24) is 10.2 Å². The van der Waals surface area contributed by atoms with Gasteiger partial charge in [0.25, 0.3) is 0 Å². The molecule has 0 aliphatic carbocycles. The van der Waals surface area contributed by atoms with Crippen LogP contribution in [-0.2, 0) is 12.7 Å². The summed E-state index contributed by atoms with van der Waals surface area (Å²) in [5.41, 5.74) is -0.0864. The van der Waals surface area contributed by atoms with Gasteiger partial charge < -0.3 is 5.32 Å². The highest BCUT2D eigenvalue weighted by molar-refractivity contribution is 5.29. The molecule has 20 heavy (non-hydrogen) atoms. The molecule has 2 rings (SSSR count). The second-order valence-electron chi connectivity index (χ2n) is 6.21. The lowest BCUT2D eigenvalue weighted by atomic mass is 9.93. The summed E-state index contributed by atoms with van der Waals surface area (Å²) < 4.78 is 39.0. The van der Waals surface area contributed by atoms with Gasteiger partial charge in [-0.05, 0) is 17.0 Å². The van der Waals surface area contributed by atoms with Gasteiger partial charge >= 0.3 is 6.18 Å². The Morgan fingerprint density at radius 3 is 2.65 bits per heavy atom. The number of hydrogen-bond donors (Lipinski definition) is 1. The molecule has 1 aromatic rings. The predicted molar refractivity (Wildman–Crippen MR) is 73.4 cm³/mol. The van der Waals surface area contributed by atoms with Crippen LogP contribution >= 0.6 is 0 Å². The first-order valence-corrected chi connectivity index (χ1v) is 6.86. The quantitative estimate of drug-likeness (QED) is 0.898. The zero-order chi connectivity index (χ0) is 14.8. The van der Waals surface area contributed by atoms with Gasteiger partial charge in [-0.3, -0.25) is 4.90 Å². The van der Waals surface area contributed by atoms with E-state index >= 15 is 0 Å². The van der Waals surface area contributed by atoms with E-state index in [1.54, 1.807) is 12.1 Å². The molecule has 1 aromatic carbocycles. The second kappa shape index (κ2) is 5.74. The lowest BCUT2D eigenvalue weighted by Crippen LogP contribution is -2.35. The third kappa shape index (κ3) is 3.96. The van der Waals surface area contributed by atoms with Gasteiger partial charge in [-0.25, -0.2) is 0 Å². The van der Waals surface area contributed by atoms with E-state index in [0.29, 0.717) is 12.1 Å². The highest BCUT2D eigenvalue weighted by Crippen LogP contribution is 2.32. The highest BCUT2D eigenvalue weighted by Gasteiger charge is 2.33. The number of benzene rings is 1. The Kier molecular flexibility index (Phi) is 4.39. The van der Waals surface area contributed by atoms with Crippen LogP contribution in [0.2, 0.25) is 0 Å². The standard InChI is InChI=1S/C15H21F3N2/c1-14(2)10-19-7-8-20(11-14)9-12-5-3-4-6-13(12)15(16,17)18/h3-6,19H,7-11H2,1-2H3. The molecule has 0 amide bonds. The van der Waals surface area contributed by atoms with Crippen molar-refractivity contribution in [3.05, 3.63) is 35.4 Å². The van der Waals surface area contributed by atoms with Crippen molar-refractivity contribution in [3.8, 4) is 0 Å². The first kappa shape index (κ1) is 15.3. The number of nitrogens with one attached hydrogen (secondary N) is 1. The van der Waals surface area contributed by atoms with Crippen molar-refractivity contribution in [3.63, 3.8) is 0 Å². The number of hydrogen-bond acceptors (Lipinski definition) is 2. The fraction of sp³-hybridized carbons (Fsp3) is 0.600. The topological polar surface area (TPSA) is 15.3 Å². The average molecular weight is 286 g/mol. The maximum atomic E-state index is 13.0. The number of rotatable bonds is 2. The maximum absolute atomic E-state index is 13.0. The van der Waals surface area contributed by atoms with E-state index in [4.69, 9.17) is 0 Å². The largest absolute Gasteiger partial charge is 0.416 e. The lowest BCUT2D eigenvalue weighted by Gasteiger charge is -2.29. The number of halogens is 3. The summed E-state index contributed by atoms with van der Waals surface area (Å²) in [4.78, 5) is 2.10. The molecule has 1 fully saturated rings. The molecule has 1 saturated heterocycles. The van der Waals surface area contributed by atoms with E-state index in [2.05, 4.69) is 24.1 Å². The van der Waals surface area contributed by atoms with Crippen molar-refractivity contribution < 1.29 is 13.2 Å². The first-order valence-electron chi connectivity index (χ1n) is 6.86. The smallest absolute Gasteiger partial charge is 0.315 e. The summed E-state index contributed by atoms with van der Waals surface area (Å²) in [6.45, 7) is 7.90. The van der Waals surface area contributed by atoms with E-state index in [-0.39, 0.29) is 5.41 Å². The molecule has 2 nitrogen and oxygen atoms in total. The van der Waals surface area contributed by atoms with Gasteiger partial charge in [0.1, 0.15) is 0 Å². The van der Waals surface area contributed by atoms with Gasteiger partial charge in [-0.1, -0.05) is 32.0 Å². The summed E-state index contributed by atoms with van der Waals surface area (Å²) >= 11 is 0. The molecule has 0 bridgehead atoms. The Bertz CT molecular complexity index is 455. The van der Waals surface area contributed by atoms with E-state index < -0.39 is 11.7 Å². The molecule has 1 aliphatic heterocycles. The van der Waals surface area contributed by atoms with Crippen LogP contribution in [0.1, 0.15) is 25.0 Å². The van der Waals surface area contributed by atoms with Crippen LogP contribution < -0.4 is 5.32 Å². The molecule has 0 unspecified atom stereocenters. The van der Waals surface area contributed by atoms with Gasteiger partial charge in [0.15, 0.2) is 0 Å². The van der Waals surface area contributed by atoms with Crippen LogP contribution in [0.4, 0.5) is 13.2 Å². The van der Waals surface area contributed by atoms with Gasteiger partial charge in [0.05, 0.1) is 5.56 Å². The van der Waals surface area contributed by atoms with E-state index in [9.17, 15) is 13.2 Å². The summed E-state index contributed by atoms with van der Waals surface area (Å²) in [5, 5.41) is 3.33. The molecule has 0 saturated carbocycles. The average Bonchev–Trinajstić information content (AvgIpc) is 2.49. The Morgan fingerprint density at radius 2 is 1.95 bits per heavy atom. The Hall–Kier alpha value is -1.07. The molecule has 0 radical (unpaired) electrons. The van der Waals surface area contributed by atoms with Crippen molar-refractivity contribution in [2.75, 3.05) is 26.2 Å². The molecule has 0 spiro atoms. The normalized spacial score (nSPS) is 20.6. The minimum absolute atomic E-state index is 0.0731. The maximum Gasteiger partial charge on any atom is 0.416 e. The number of alkyl halides is 3. The Balaban J connectivity index is 2.17. The monoisotopic (exact) mass is 286 g/mol. The molecule has 0 aromatic heterocycles. The highest BCUT2D eigenvalue weighted by atomic mass is 19.4. The molecule has 5 heteroatoms. The van der Waals surface area contributed by atoms with Crippen LogP contribution in [0.3, 0.4) is 0 Å². The molecular weight excluding hydrogens is 265 g/mol. The van der Waals surface area contributed by atoms with E-state index in [0.717, 1.165) is 32.2 Å². The fourth-order valence-electron chi connectivity index (χ4n) is 2.71. The molecule has 1 N–H and O–H groups in total. The Morgan fingerprint density at radius 1 is 1.25 bits per heavy atom. The van der Waals surface area contributed by atoms with Crippen LogP contribution in [-0.4, -0.2) is 31.1 Å². The molecule has 0 atom stereocenters.